The van der Waals surface area contributed by atoms with Crippen molar-refractivity contribution in [2.45, 2.75) is 18.9 Å². The third-order valence-corrected chi connectivity index (χ3v) is 3.94. The molecule has 0 bridgehead atoms. The highest BCUT2D eigenvalue weighted by Crippen LogP contribution is 2.20. The summed E-state index contributed by atoms with van der Waals surface area (Å²) < 4.78 is 0. The monoisotopic (exact) mass is 244 g/mol. The molecule has 0 radical (unpaired) electrons. The number of aliphatic hydroxyl groups excluding tert-OH is 1. The summed E-state index contributed by atoms with van der Waals surface area (Å²) in [7, 11) is 0. The summed E-state index contributed by atoms with van der Waals surface area (Å²) >= 11 is 1.16. The fourth-order valence-electron chi connectivity index (χ4n) is 2.15. The van der Waals surface area contributed by atoms with E-state index in [2.05, 4.69) is 5.32 Å². The van der Waals surface area contributed by atoms with Crippen molar-refractivity contribution in [3.8, 4) is 0 Å². The van der Waals surface area contributed by atoms with Gasteiger partial charge in [0.25, 0.3) is 5.24 Å². The van der Waals surface area contributed by atoms with E-state index in [9.17, 15) is 9.59 Å². The molecule has 0 aliphatic carbocycles. The highest BCUT2D eigenvalue weighted by Gasteiger charge is 2.33. The van der Waals surface area contributed by atoms with Crippen LogP contribution in [0.1, 0.15) is 12.8 Å². The quantitative estimate of drug-likeness (QED) is 0.719. The summed E-state index contributed by atoms with van der Waals surface area (Å²) in [6.07, 6.45) is 1.91. The van der Waals surface area contributed by atoms with E-state index in [1.807, 2.05) is 0 Å². The molecule has 0 saturated carbocycles. The number of thioether (sulfide) groups is 1. The van der Waals surface area contributed by atoms with Crippen molar-refractivity contribution < 1.29 is 14.7 Å². The lowest BCUT2D eigenvalue weighted by Crippen LogP contribution is -2.49. The molecule has 2 aliphatic rings. The molecular formula is C10H16N2O3S. The fourth-order valence-corrected chi connectivity index (χ4v) is 2.92. The van der Waals surface area contributed by atoms with E-state index < -0.39 is 0 Å². The first-order chi connectivity index (χ1) is 7.70. The minimum Gasteiger partial charge on any atom is -0.396 e. The van der Waals surface area contributed by atoms with Crippen molar-refractivity contribution in [1.29, 1.82) is 0 Å². The molecule has 2 rings (SSSR count). The van der Waals surface area contributed by atoms with Crippen LogP contribution in [-0.2, 0) is 4.79 Å². The Bertz CT molecular complexity index is 298. The van der Waals surface area contributed by atoms with Crippen molar-refractivity contribution >= 4 is 22.9 Å². The zero-order chi connectivity index (χ0) is 11.5. The lowest BCUT2D eigenvalue weighted by Gasteiger charge is -2.33. The second-order valence-electron chi connectivity index (χ2n) is 4.27. The van der Waals surface area contributed by atoms with Gasteiger partial charge in [0, 0.05) is 25.4 Å². The number of rotatable bonds is 2. The number of nitrogens with one attached hydrogen (secondary N) is 1. The van der Waals surface area contributed by atoms with Crippen LogP contribution < -0.4 is 5.32 Å². The predicted octanol–water partition coefficient (Wildman–Crippen LogP) is 0.0423. The van der Waals surface area contributed by atoms with Gasteiger partial charge in [-0.05, 0) is 18.8 Å². The molecule has 5 nitrogen and oxygen atoms in total. The zero-order valence-corrected chi connectivity index (χ0v) is 9.83. The van der Waals surface area contributed by atoms with Gasteiger partial charge in [0.15, 0.2) is 0 Å². The van der Waals surface area contributed by atoms with Crippen LogP contribution in [0.25, 0.3) is 0 Å². The molecular weight excluding hydrogens is 228 g/mol. The van der Waals surface area contributed by atoms with Gasteiger partial charge in [-0.25, -0.2) is 0 Å². The highest BCUT2D eigenvalue weighted by molar-refractivity contribution is 8.14. The second-order valence-corrected chi connectivity index (χ2v) is 5.26. The van der Waals surface area contributed by atoms with Crippen molar-refractivity contribution in [2.75, 3.05) is 25.4 Å². The Hall–Kier alpha value is -0.750. The van der Waals surface area contributed by atoms with Gasteiger partial charge in [0.2, 0.25) is 5.91 Å². The average molecular weight is 244 g/mol. The number of nitrogens with zero attached hydrogens (tertiary/aromatic N) is 1. The van der Waals surface area contributed by atoms with Gasteiger partial charge in [-0.15, -0.1) is 0 Å². The van der Waals surface area contributed by atoms with Crippen LogP contribution in [0.15, 0.2) is 0 Å². The Morgan fingerprint density at radius 2 is 2.44 bits per heavy atom. The maximum absolute atomic E-state index is 12.0. The van der Waals surface area contributed by atoms with E-state index in [1.54, 1.807) is 4.90 Å². The van der Waals surface area contributed by atoms with E-state index in [0.717, 1.165) is 31.1 Å². The largest absolute Gasteiger partial charge is 0.396 e. The molecule has 2 N–H and O–H groups in total. The maximum atomic E-state index is 12.0. The third-order valence-electron chi connectivity index (χ3n) is 3.06. The number of likely N-dealkylation sites (tertiary alicyclic amines) is 1. The molecule has 2 aliphatic heterocycles. The van der Waals surface area contributed by atoms with E-state index in [-0.39, 0.29) is 29.7 Å². The van der Waals surface area contributed by atoms with Crippen LogP contribution in [-0.4, -0.2) is 52.6 Å². The molecule has 2 atom stereocenters. The minimum atomic E-state index is -0.366. The standard InChI is InChI=1S/C10H16N2O3S/c13-5-7-2-1-3-12(4-7)9(14)8-6-16-10(15)11-8/h7-8,13H,1-6H2,(H,11,15). The normalized spacial score (nSPS) is 30.3. The van der Waals surface area contributed by atoms with Crippen LogP contribution in [0.2, 0.25) is 0 Å². The molecule has 2 heterocycles. The number of hydrogen-bond acceptors (Lipinski definition) is 4. The summed E-state index contributed by atoms with van der Waals surface area (Å²) in [5.74, 6) is 0.719. The zero-order valence-electron chi connectivity index (χ0n) is 9.02. The molecule has 2 saturated heterocycles. The predicted molar refractivity (Wildman–Crippen MR) is 61.2 cm³/mol. The van der Waals surface area contributed by atoms with Crippen LogP contribution in [0.4, 0.5) is 4.79 Å². The highest BCUT2D eigenvalue weighted by atomic mass is 32.2. The fraction of sp³-hybridized carbons (Fsp3) is 0.800. The molecule has 6 heteroatoms. The second kappa shape index (κ2) is 5.05. The third kappa shape index (κ3) is 2.49. The van der Waals surface area contributed by atoms with E-state index >= 15 is 0 Å². The van der Waals surface area contributed by atoms with Gasteiger partial charge in [-0.1, -0.05) is 11.8 Å². The Kier molecular flexibility index (Phi) is 3.70. The molecule has 90 valence electrons. The summed E-state index contributed by atoms with van der Waals surface area (Å²) in [6.45, 7) is 1.49. The summed E-state index contributed by atoms with van der Waals surface area (Å²) in [5, 5.41) is 11.6. The molecule has 0 aromatic carbocycles. The van der Waals surface area contributed by atoms with Crippen LogP contribution in [0.3, 0.4) is 0 Å². The van der Waals surface area contributed by atoms with Gasteiger partial charge < -0.3 is 15.3 Å². The number of hydrogen-bond donors (Lipinski definition) is 2. The summed E-state index contributed by atoms with van der Waals surface area (Å²) in [5.41, 5.74) is 0. The topological polar surface area (TPSA) is 69.6 Å². The Morgan fingerprint density at radius 3 is 3.06 bits per heavy atom. The minimum absolute atomic E-state index is 0.00324. The summed E-state index contributed by atoms with van der Waals surface area (Å²) in [4.78, 5) is 24.8. The van der Waals surface area contributed by atoms with Crippen LogP contribution in [0.5, 0.6) is 0 Å². The Morgan fingerprint density at radius 1 is 1.62 bits per heavy atom. The van der Waals surface area contributed by atoms with Gasteiger partial charge >= 0.3 is 0 Å². The van der Waals surface area contributed by atoms with E-state index in [0.29, 0.717) is 12.3 Å². The molecule has 16 heavy (non-hydrogen) atoms. The van der Waals surface area contributed by atoms with Crippen molar-refractivity contribution in [3.05, 3.63) is 0 Å². The van der Waals surface area contributed by atoms with Crippen molar-refractivity contribution in [1.82, 2.24) is 10.2 Å². The summed E-state index contributed by atoms with van der Waals surface area (Å²) in [6, 6.07) is -0.366. The van der Waals surface area contributed by atoms with Crippen LogP contribution in [0, 0.1) is 5.92 Å². The SMILES string of the molecule is O=C1NC(C(=O)N2CCCC(CO)C2)CS1. The first kappa shape index (κ1) is 11.7. The maximum Gasteiger partial charge on any atom is 0.279 e. The lowest BCUT2D eigenvalue weighted by atomic mass is 9.98. The first-order valence-corrected chi connectivity index (χ1v) is 6.52. The molecule has 0 aromatic heterocycles. The van der Waals surface area contributed by atoms with Gasteiger partial charge in [-0.2, -0.15) is 0 Å². The molecule has 2 fully saturated rings. The Balaban J connectivity index is 1.91. The molecule has 2 unspecified atom stereocenters. The first-order valence-electron chi connectivity index (χ1n) is 5.53. The van der Waals surface area contributed by atoms with E-state index in [4.69, 9.17) is 5.11 Å². The van der Waals surface area contributed by atoms with Crippen molar-refractivity contribution in [3.63, 3.8) is 0 Å². The number of carbonyl (C=O) groups excluding carboxylic acids is 2. The van der Waals surface area contributed by atoms with Gasteiger partial charge in [0.1, 0.15) is 6.04 Å². The Labute approximate surface area is 98.6 Å². The molecule has 2 amide bonds. The van der Waals surface area contributed by atoms with Crippen LogP contribution >= 0.6 is 11.8 Å². The molecule has 0 spiro atoms. The lowest BCUT2D eigenvalue weighted by molar-refractivity contribution is -0.134. The smallest absolute Gasteiger partial charge is 0.279 e. The number of carbonyl (C=O) groups is 2. The number of aliphatic hydroxyl groups is 1. The van der Waals surface area contributed by atoms with Gasteiger partial charge in [-0.3, -0.25) is 9.59 Å². The van der Waals surface area contributed by atoms with Gasteiger partial charge in [0.05, 0.1) is 0 Å². The van der Waals surface area contributed by atoms with E-state index in [1.165, 1.54) is 0 Å². The number of amides is 2. The van der Waals surface area contributed by atoms with Crippen molar-refractivity contribution in [2.24, 2.45) is 5.92 Å². The average Bonchev–Trinajstić information content (AvgIpc) is 2.75. The molecule has 0 aromatic rings. The number of piperidine rings is 1.